The average Bonchev–Trinajstić information content (AvgIpc) is 2.93. The lowest BCUT2D eigenvalue weighted by Gasteiger charge is -2.22. The Hall–Kier alpha value is -2.37. The summed E-state index contributed by atoms with van der Waals surface area (Å²) < 4.78 is 0. The molecule has 0 aliphatic heterocycles. The van der Waals surface area contributed by atoms with Gasteiger partial charge in [0.05, 0.1) is 11.6 Å². The molecule has 0 bridgehead atoms. The van der Waals surface area contributed by atoms with Crippen LogP contribution in [0.3, 0.4) is 0 Å². The lowest BCUT2D eigenvalue weighted by Crippen LogP contribution is -2.20. The first-order valence-corrected chi connectivity index (χ1v) is 8.44. The molecule has 0 amide bonds. The fourth-order valence-corrected chi connectivity index (χ4v) is 3.69. The van der Waals surface area contributed by atoms with Crippen LogP contribution in [0.1, 0.15) is 54.0 Å². The van der Waals surface area contributed by atoms with E-state index in [-0.39, 0.29) is 0 Å². The van der Waals surface area contributed by atoms with E-state index in [1.165, 1.54) is 5.56 Å². The molecule has 0 aromatic heterocycles. The fourth-order valence-electron chi connectivity index (χ4n) is 3.69. The highest BCUT2D eigenvalue weighted by atomic mass is 16.3. The monoisotopic (exact) mass is 317 g/mol. The number of hydrogen-bond acceptors (Lipinski definition) is 2. The molecule has 1 atom stereocenters. The Morgan fingerprint density at radius 2 is 1.96 bits per heavy atom. The summed E-state index contributed by atoms with van der Waals surface area (Å²) >= 11 is 0. The molecular weight excluding hydrogens is 294 g/mol. The Balaban J connectivity index is 2.23. The van der Waals surface area contributed by atoms with Crippen LogP contribution in [0.5, 0.6) is 0 Å². The van der Waals surface area contributed by atoms with Gasteiger partial charge in [-0.05, 0) is 59.6 Å². The first-order chi connectivity index (χ1) is 11.4. The first kappa shape index (κ1) is 16.5. The highest BCUT2D eigenvalue weighted by molar-refractivity contribution is 5.74. The summed E-state index contributed by atoms with van der Waals surface area (Å²) in [7, 11) is 0. The Labute approximate surface area is 144 Å². The summed E-state index contributed by atoms with van der Waals surface area (Å²) in [6.45, 7) is 10.1. The third-order valence-electron chi connectivity index (χ3n) is 5.16. The molecule has 0 heterocycles. The summed E-state index contributed by atoms with van der Waals surface area (Å²) in [4.78, 5) is 0. The highest BCUT2D eigenvalue weighted by Crippen LogP contribution is 2.45. The van der Waals surface area contributed by atoms with E-state index in [9.17, 15) is 10.4 Å². The Morgan fingerprint density at radius 1 is 1.29 bits per heavy atom. The van der Waals surface area contributed by atoms with Crippen LogP contribution in [0.25, 0.3) is 11.1 Å². The van der Waals surface area contributed by atoms with Gasteiger partial charge in [-0.3, -0.25) is 0 Å². The maximum atomic E-state index is 10.9. The Morgan fingerprint density at radius 3 is 2.50 bits per heavy atom. The maximum Gasteiger partial charge on any atom is 0.109 e. The second-order valence-electron chi connectivity index (χ2n) is 6.99. The minimum atomic E-state index is -1.10. The predicted molar refractivity (Wildman–Crippen MR) is 97.8 cm³/mol. The molecule has 0 fully saturated rings. The highest BCUT2D eigenvalue weighted by Gasteiger charge is 2.38. The van der Waals surface area contributed by atoms with Gasteiger partial charge in [0.15, 0.2) is 0 Å². The number of nitrogens with zero attached hydrogens (tertiary/aromatic N) is 1. The number of hydrogen-bond donors (Lipinski definition) is 1. The van der Waals surface area contributed by atoms with Crippen LogP contribution in [0.15, 0.2) is 43.0 Å². The minimum Gasteiger partial charge on any atom is -0.381 e. The fraction of sp³-hybridized carbons (Fsp3) is 0.318. The maximum absolute atomic E-state index is 10.9. The van der Waals surface area contributed by atoms with E-state index in [1.54, 1.807) is 6.08 Å². The van der Waals surface area contributed by atoms with Crippen LogP contribution >= 0.6 is 0 Å². The van der Waals surface area contributed by atoms with Crippen molar-refractivity contribution in [1.29, 1.82) is 5.26 Å². The van der Waals surface area contributed by atoms with Crippen molar-refractivity contribution in [3.8, 4) is 17.2 Å². The van der Waals surface area contributed by atoms with Crippen LogP contribution in [0.2, 0.25) is 0 Å². The van der Waals surface area contributed by atoms with Gasteiger partial charge in [-0.15, -0.1) is 0 Å². The summed E-state index contributed by atoms with van der Waals surface area (Å²) in [5, 5.41) is 20.5. The molecule has 1 aliphatic carbocycles. The van der Waals surface area contributed by atoms with Crippen molar-refractivity contribution >= 4 is 0 Å². The van der Waals surface area contributed by atoms with Crippen molar-refractivity contribution in [2.75, 3.05) is 0 Å². The van der Waals surface area contributed by atoms with E-state index >= 15 is 0 Å². The van der Waals surface area contributed by atoms with Gasteiger partial charge in [-0.25, -0.2) is 0 Å². The molecule has 0 saturated carbocycles. The van der Waals surface area contributed by atoms with Gasteiger partial charge in [-0.2, -0.15) is 5.26 Å². The Bertz CT molecular complexity index is 840. The third-order valence-corrected chi connectivity index (χ3v) is 5.16. The second-order valence-corrected chi connectivity index (χ2v) is 6.99. The molecule has 24 heavy (non-hydrogen) atoms. The van der Waals surface area contributed by atoms with Crippen LogP contribution in [0.4, 0.5) is 0 Å². The largest absolute Gasteiger partial charge is 0.381 e. The van der Waals surface area contributed by atoms with E-state index in [4.69, 9.17) is 0 Å². The van der Waals surface area contributed by atoms with Gasteiger partial charge in [-0.1, -0.05) is 50.8 Å². The molecule has 0 saturated heterocycles. The number of nitriles is 1. The molecular formula is C22H23NO. The van der Waals surface area contributed by atoms with Crippen LogP contribution in [-0.2, 0) is 12.0 Å². The summed E-state index contributed by atoms with van der Waals surface area (Å²) in [6.07, 6.45) is 2.92. The lowest BCUT2D eigenvalue weighted by molar-refractivity contribution is 0.0917. The van der Waals surface area contributed by atoms with E-state index < -0.39 is 5.60 Å². The third kappa shape index (κ3) is 2.46. The minimum absolute atomic E-state index is 0.498. The smallest absolute Gasteiger partial charge is 0.109 e. The van der Waals surface area contributed by atoms with Crippen molar-refractivity contribution in [2.24, 2.45) is 0 Å². The second kappa shape index (κ2) is 5.92. The summed E-state index contributed by atoms with van der Waals surface area (Å²) in [6, 6.07) is 13.0. The van der Waals surface area contributed by atoms with Gasteiger partial charge >= 0.3 is 0 Å². The summed E-state index contributed by atoms with van der Waals surface area (Å²) in [5.41, 5.74) is 5.79. The van der Waals surface area contributed by atoms with Crippen LogP contribution < -0.4 is 0 Å². The summed E-state index contributed by atoms with van der Waals surface area (Å²) in [5.74, 6) is 0.498. The lowest BCUT2D eigenvalue weighted by atomic mass is 9.85. The first-order valence-electron chi connectivity index (χ1n) is 8.44. The van der Waals surface area contributed by atoms with Gasteiger partial charge in [0, 0.05) is 5.56 Å². The standard InChI is InChI=1S/C22H23NO/c1-5-22(24)11-10-18-19(12-15(4)20(13-23)21(18)22)17-8-6-16(7-9-17)14(2)3/h5-9,12,14,24H,1,10-11H2,2-4H3. The molecule has 2 aromatic rings. The SMILES string of the molecule is C=CC1(O)CCc2c(-c3ccc(C(C)C)cc3)cc(C)c(C#N)c21. The van der Waals surface area contributed by atoms with E-state index in [0.717, 1.165) is 34.2 Å². The average molecular weight is 317 g/mol. The zero-order valence-corrected chi connectivity index (χ0v) is 14.6. The number of aliphatic hydroxyl groups is 1. The molecule has 1 unspecified atom stereocenters. The molecule has 2 heteroatoms. The van der Waals surface area contributed by atoms with Gasteiger partial charge < -0.3 is 5.11 Å². The van der Waals surface area contributed by atoms with Crippen molar-refractivity contribution in [3.63, 3.8) is 0 Å². The Kier molecular flexibility index (Phi) is 4.07. The van der Waals surface area contributed by atoms with Gasteiger partial charge in [0.2, 0.25) is 0 Å². The number of fused-ring (bicyclic) bond motifs is 1. The molecule has 2 nitrogen and oxygen atoms in total. The van der Waals surface area contributed by atoms with Crippen molar-refractivity contribution in [2.45, 2.75) is 45.1 Å². The topological polar surface area (TPSA) is 44.0 Å². The zero-order chi connectivity index (χ0) is 17.5. The van der Waals surface area contributed by atoms with Crippen molar-refractivity contribution in [1.82, 2.24) is 0 Å². The number of rotatable bonds is 3. The molecule has 0 radical (unpaired) electrons. The zero-order valence-electron chi connectivity index (χ0n) is 14.6. The van der Waals surface area contributed by atoms with Crippen molar-refractivity contribution < 1.29 is 5.11 Å². The van der Waals surface area contributed by atoms with Crippen LogP contribution in [-0.4, -0.2) is 5.11 Å². The quantitative estimate of drug-likeness (QED) is 0.812. The molecule has 1 aliphatic rings. The number of benzene rings is 2. The van der Waals surface area contributed by atoms with Gasteiger partial charge in [0.25, 0.3) is 0 Å². The van der Waals surface area contributed by atoms with Crippen molar-refractivity contribution in [3.05, 3.63) is 70.8 Å². The normalized spacial score (nSPS) is 19.2. The molecule has 122 valence electrons. The molecule has 3 rings (SSSR count). The molecule has 1 N–H and O–H groups in total. The predicted octanol–water partition coefficient (Wildman–Crippen LogP) is 4.98. The number of aryl methyl sites for hydroxylation is 1. The van der Waals surface area contributed by atoms with Gasteiger partial charge in [0.1, 0.15) is 5.60 Å². The van der Waals surface area contributed by atoms with E-state index in [2.05, 4.69) is 56.8 Å². The van der Waals surface area contributed by atoms with E-state index in [0.29, 0.717) is 17.9 Å². The molecule has 0 spiro atoms. The molecule has 2 aromatic carbocycles. The van der Waals surface area contributed by atoms with Crippen LogP contribution in [0, 0.1) is 18.3 Å². The van der Waals surface area contributed by atoms with E-state index in [1.807, 2.05) is 6.92 Å².